The number of carbonyl (C=O) groups is 2. The van der Waals surface area contributed by atoms with Crippen molar-refractivity contribution >= 4 is 27.5 Å². The molecule has 0 saturated heterocycles. The van der Waals surface area contributed by atoms with Crippen LogP contribution in [0.5, 0.6) is 0 Å². The smallest absolute Gasteiger partial charge is 0.313 e. The van der Waals surface area contributed by atoms with Gasteiger partial charge in [0.05, 0.1) is 10.6 Å². The third kappa shape index (κ3) is 6.60. The fraction of sp³-hybridized carbons (Fsp3) is 0.364. The first kappa shape index (κ1) is 22.9. The van der Waals surface area contributed by atoms with E-state index in [2.05, 4.69) is 15.4 Å². The first-order valence-corrected chi connectivity index (χ1v) is 11.8. The molecule has 9 heteroatoms. The van der Waals surface area contributed by atoms with Crippen LogP contribution >= 0.6 is 0 Å². The lowest BCUT2D eigenvalue weighted by Crippen LogP contribution is -2.36. The molecule has 1 aliphatic carbocycles. The van der Waals surface area contributed by atoms with E-state index in [1.54, 1.807) is 18.2 Å². The third-order valence-corrected chi connectivity index (χ3v) is 6.72. The number of sulfonamides is 1. The SMILES string of the molecule is O=C(NCCc1ccc(S(=O)(=O)NC2CCCCC2)cc1)C(=O)Nc1ccccc1F. The van der Waals surface area contributed by atoms with Gasteiger partial charge >= 0.3 is 11.8 Å². The van der Waals surface area contributed by atoms with Crippen molar-refractivity contribution in [3.63, 3.8) is 0 Å². The molecule has 2 amide bonds. The molecule has 0 bridgehead atoms. The van der Waals surface area contributed by atoms with Crippen molar-refractivity contribution in [3.05, 3.63) is 59.9 Å². The van der Waals surface area contributed by atoms with Crippen molar-refractivity contribution in [2.75, 3.05) is 11.9 Å². The van der Waals surface area contributed by atoms with Crippen LogP contribution in [0.2, 0.25) is 0 Å². The second kappa shape index (κ2) is 10.5. The fourth-order valence-corrected chi connectivity index (χ4v) is 4.79. The second-order valence-electron chi connectivity index (χ2n) is 7.54. The van der Waals surface area contributed by atoms with E-state index in [4.69, 9.17) is 0 Å². The van der Waals surface area contributed by atoms with Gasteiger partial charge in [-0.05, 0) is 49.1 Å². The Kier molecular flexibility index (Phi) is 7.75. The Hall–Kier alpha value is -2.78. The van der Waals surface area contributed by atoms with Crippen LogP contribution in [0.25, 0.3) is 0 Å². The number of anilines is 1. The second-order valence-corrected chi connectivity index (χ2v) is 9.25. The van der Waals surface area contributed by atoms with Crippen molar-refractivity contribution in [2.24, 2.45) is 0 Å². The molecule has 0 atom stereocenters. The first-order valence-electron chi connectivity index (χ1n) is 10.3. The van der Waals surface area contributed by atoms with Gasteiger partial charge in [0.15, 0.2) is 0 Å². The average Bonchev–Trinajstić information content (AvgIpc) is 2.76. The van der Waals surface area contributed by atoms with E-state index in [0.717, 1.165) is 37.7 Å². The van der Waals surface area contributed by atoms with Crippen molar-refractivity contribution in [3.8, 4) is 0 Å². The van der Waals surface area contributed by atoms with E-state index >= 15 is 0 Å². The molecule has 0 unspecified atom stereocenters. The monoisotopic (exact) mass is 447 g/mol. The molecule has 1 saturated carbocycles. The molecule has 7 nitrogen and oxygen atoms in total. The Morgan fingerprint density at radius 2 is 1.61 bits per heavy atom. The van der Waals surface area contributed by atoms with Crippen LogP contribution in [0.4, 0.5) is 10.1 Å². The summed E-state index contributed by atoms with van der Waals surface area (Å²) in [6.45, 7) is 0.177. The molecule has 0 aromatic heterocycles. The zero-order chi connectivity index (χ0) is 22.3. The lowest BCUT2D eigenvalue weighted by atomic mass is 9.96. The molecule has 2 aromatic carbocycles. The summed E-state index contributed by atoms with van der Waals surface area (Å²) >= 11 is 0. The van der Waals surface area contributed by atoms with E-state index in [1.165, 1.54) is 30.3 Å². The summed E-state index contributed by atoms with van der Waals surface area (Å²) in [7, 11) is -3.56. The first-order chi connectivity index (χ1) is 14.8. The topological polar surface area (TPSA) is 104 Å². The highest BCUT2D eigenvalue weighted by molar-refractivity contribution is 7.89. The Balaban J connectivity index is 1.47. The van der Waals surface area contributed by atoms with Crippen LogP contribution < -0.4 is 15.4 Å². The number of hydrogen-bond acceptors (Lipinski definition) is 4. The lowest BCUT2D eigenvalue weighted by molar-refractivity contribution is -0.136. The van der Waals surface area contributed by atoms with Crippen LogP contribution in [-0.4, -0.2) is 32.8 Å². The maximum absolute atomic E-state index is 13.5. The number of halogens is 1. The highest BCUT2D eigenvalue weighted by Gasteiger charge is 2.21. The van der Waals surface area contributed by atoms with Crippen LogP contribution in [0.3, 0.4) is 0 Å². The van der Waals surface area contributed by atoms with Crippen LogP contribution in [0.1, 0.15) is 37.7 Å². The third-order valence-electron chi connectivity index (χ3n) is 5.19. The van der Waals surface area contributed by atoms with E-state index in [0.29, 0.717) is 6.42 Å². The molecular formula is C22H26FN3O4S. The number of carbonyl (C=O) groups excluding carboxylic acids is 2. The summed E-state index contributed by atoms with van der Waals surface area (Å²) < 4.78 is 41.4. The molecule has 0 heterocycles. The van der Waals surface area contributed by atoms with Gasteiger partial charge in [-0.15, -0.1) is 0 Å². The lowest BCUT2D eigenvalue weighted by Gasteiger charge is -2.22. The summed E-state index contributed by atoms with van der Waals surface area (Å²) in [5, 5.41) is 4.68. The van der Waals surface area contributed by atoms with Gasteiger partial charge in [-0.25, -0.2) is 17.5 Å². The van der Waals surface area contributed by atoms with Gasteiger partial charge in [-0.2, -0.15) is 0 Å². The normalized spacial score (nSPS) is 14.7. The Labute approximate surface area is 181 Å². The molecule has 0 spiro atoms. The van der Waals surface area contributed by atoms with E-state index in [-0.39, 0.29) is 23.2 Å². The molecule has 166 valence electrons. The summed E-state index contributed by atoms with van der Waals surface area (Å²) in [6.07, 6.45) is 5.36. The Bertz CT molecular complexity index is 1020. The Morgan fingerprint density at radius 3 is 2.29 bits per heavy atom. The van der Waals surface area contributed by atoms with Gasteiger partial charge in [0, 0.05) is 12.6 Å². The van der Waals surface area contributed by atoms with Gasteiger partial charge in [0.1, 0.15) is 5.82 Å². The van der Waals surface area contributed by atoms with Crippen molar-refractivity contribution in [2.45, 2.75) is 49.5 Å². The largest absolute Gasteiger partial charge is 0.347 e. The molecule has 1 fully saturated rings. The maximum Gasteiger partial charge on any atom is 0.313 e. The van der Waals surface area contributed by atoms with E-state index in [9.17, 15) is 22.4 Å². The fourth-order valence-electron chi connectivity index (χ4n) is 3.49. The molecular weight excluding hydrogens is 421 g/mol. The van der Waals surface area contributed by atoms with Gasteiger partial charge in [0.2, 0.25) is 10.0 Å². The minimum absolute atomic E-state index is 0.0100. The number of para-hydroxylation sites is 1. The molecule has 0 radical (unpaired) electrons. The zero-order valence-corrected chi connectivity index (χ0v) is 17.9. The molecule has 3 N–H and O–H groups in total. The molecule has 1 aliphatic rings. The number of benzene rings is 2. The van der Waals surface area contributed by atoms with Gasteiger partial charge in [0.25, 0.3) is 0 Å². The maximum atomic E-state index is 13.5. The summed E-state index contributed by atoms with van der Waals surface area (Å²) in [6, 6.07) is 12.0. The zero-order valence-electron chi connectivity index (χ0n) is 17.1. The van der Waals surface area contributed by atoms with Gasteiger partial charge < -0.3 is 10.6 Å². The standard InChI is InChI=1S/C22H26FN3O4S/c23-19-8-4-5-9-20(19)25-22(28)21(27)24-15-14-16-10-12-18(13-11-16)31(29,30)26-17-6-2-1-3-7-17/h4-5,8-13,17,26H,1-3,6-7,14-15H2,(H,24,27)(H,25,28). The van der Waals surface area contributed by atoms with Gasteiger partial charge in [-0.1, -0.05) is 43.5 Å². The number of hydrogen-bond donors (Lipinski definition) is 3. The minimum atomic E-state index is -3.56. The van der Waals surface area contributed by atoms with Crippen LogP contribution in [-0.2, 0) is 26.0 Å². The van der Waals surface area contributed by atoms with Crippen LogP contribution in [0, 0.1) is 5.82 Å². The summed E-state index contributed by atoms with van der Waals surface area (Å²) in [5.74, 6) is -2.46. The van der Waals surface area contributed by atoms with E-state index < -0.39 is 27.7 Å². The number of nitrogens with one attached hydrogen (secondary N) is 3. The van der Waals surface area contributed by atoms with E-state index in [1.807, 2.05) is 0 Å². The number of rotatable bonds is 7. The predicted molar refractivity (Wildman–Crippen MR) is 115 cm³/mol. The highest BCUT2D eigenvalue weighted by Crippen LogP contribution is 2.20. The van der Waals surface area contributed by atoms with Crippen molar-refractivity contribution in [1.29, 1.82) is 0 Å². The minimum Gasteiger partial charge on any atom is -0.347 e. The van der Waals surface area contributed by atoms with Gasteiger partial charge in [-0.3, -0.25) is 9.59 Å². The summed E-state index contributed by atoms with van der Waals surface area (Å²) in [5.41, 5.74) is 0.743. The Morgan fingerprint density at radius 1 is 0.935 bits per heavy atom. The number of amides is 2. The average molecular weight is 448 g/mol. The predicted octanol–water partition coefficient (Wildman–Crippen LogP) is 2.73. The summed E-state index contributed by atoms with van der Waals surface area (Å²) in [4.78, 5) is 24.0. The molecule has 0 aliphatic heterocycles. The van der Waals surface area contributed by atoms with Crippen molar-refractivity contribution in [1.82, 2.24) is 10.0 Å². The molecule has 2 aromatic rings. The quantitative estimate of drug-likeness (QED) is 0.568. The van der Waals surface area contributed by atoms with Crippen LogP contribution in [0.15, 0.2) is 53.4 Å². The highest BCUT2D eigenvalue weighted by atomic mass is 32.2. The van der Waals surface area contributed by atoms with Crippen molar-refractivity contribution < 1.29 is 22.4 Å². The molecule has 3 rings (SSSR count). The molecule has 31 heavy (non-hydrogen) atoms.